The molecule has 0 aromatic heterocycles. The van der Waals surface area contributed by atoms with E-state index in [4.69, 9.17) is 19.4 Å². The number of carbonyl (C=O) groups is 2. The van der Waals surface area contributed by atoms with E-state index in [1.165, 1.54) is 13.2 Å². The summed E-state index contributed by atoms with van der Waals surface area (Å²) in [6.45, 7) is 5.50. The van der Waals surface area contributed by atoms with Gasteiger partial charge in [-0.15, -0.1) is 0 Å². The van der Waals surface area contributed by atoms with Crippen LogP contribution in [0.25, 0.3) is 0 Å². The van der Waals surface area contributed by atoms with Crippen LogP contribution in [0.1, 0.15) is 56.8 Å². The van der Waals surface area contributed by atoms with Crippen molar-refractivity contribution >= 4 is 12.0 Å². The first-order chi connectivity index (χ1) is 12.7. The van der Waals surface area contributed by atoms with E-state index in [1.807, 2.05) is 20.8 Å². The maximum absolute atomic E-state index is 11.9. The van der Waals surface area contributed by atoms with Gasteiger partial charge in [0.2, 0.25) is 0 Å². The molecule has 27 heavy (non-hydrogen) atoms. The number of alkyl carbamates (subject to hydrolysis) is 1. The second-order valence-corrected chi connectivity index (χ2v) is 7.54. The molecule has 1 aromatic rings. The van der Waals surface area contributed by atoms with Crippen molar-refractivity contribution < 1.29 is 29.0 Å². The van der Waals surface area contributed by atoms with Crippen molar-refractivity contribution in [2.45, 2.75) is 64.2 Å². The predicted molar refractivity (Wildman–Crippen MR) is 98.3 cm³/mol. The number of amides is 2. The first kappa shape index (κ1) is 20.8. The van der Waals surface area contributed by atoms with Gasteiger partial charge in [-0.2, -0.15) is 0 Å². The summed E-state index contributed by atoms with van der Waals surface area (Å²) in [6, 6.07) is 4.90. The van der Waals surface area contributed by atoms with Gasteiger partial charge in [0, 0.05) is 12.1 Å². The van der Waals surface area contributed by atoms with Gasteiger partial charge in [0.1, 0.15) is 17.1 Å². The SMILES string of the molecule is COc1cc(OC2CCC(NC(=O)OC(C)(C)C)CC2)ccc1C(=O)NO. The van der Waals surface area contributed by atoms with E-state index in [1.54, 1.807) is 17.6 Å². The summed E-state index contributed by atoms with van der Waals surface area (Å²) in [5.74, 6) is 0.261. The molecular formula is C19H28N2O6. The van der Waals surface area contributed by atoms with Crippen molar-refractivity contribution in [2.24, 2.45) is 0 Å². The van der Waals surface area contributed by atoms with Crippen LogP contribution in [0, 0.1) is 0 Å². The van der Waals surface area contributed by atoms with Crippen molar-refractivity contribution in [2.75, 3.05) is 7.11 Å². The minimum Gasteiger partial charge on any atom is -0.496 e. The Morgan fingerprint density at radius 2 is 1.81 bits per heavy atom. The number of nitrogens with one attached hydrogen (secondary N) is 2. The van der Waals surface area contributed by atoms with Crippen LogP contribution in [0.4, 0.5) is 4.79 Å². The van der Waals surface area contributed by atoms with E-state index in [2.05, 4.69) is 5.32 Å². The Hall–Kier alpha value is -2.48. The van der Waals surface area contributed by atoms with Crippen molar-refractivity contribution in [3.8, 4) is 11.5 Å². The third-order valence-corrected chi connectivity index (χ3v) is 4.22. The van der Waals surface area contributed by atoms with Gasteiger partial charge in [0.05, 0.1) is 18.8 Å². The number of hydrogen-bond donors (Lipinski definition) is 3. The first-order valence-corrected chi connectivity index (χ1v) is 9.00. The molecule has 0 bridgehead atoms. The second-order valence-electron chi connectivity index (χ2n) is 7.54. The zero-order valence-corrected chi connectivity index (χ0v) is 16.2. The number of methoxy groups -OCH3 is 1. The molecular weight excluding hydrogens is 352 g/mol. The van der Waals surface area contributed by atoms with Crippen LogP contribution in [0.2, 0.25) is 0 Å². The van der Waals surface area contributed by atoms with Gasteiger partial charge in [-0.05, 0) is 58.6 Å². The maximum atomic E-state index is 11.9. The molecule has 0 spiro atoms. The van der Waals surface area contributed by atoms with Gasteiger partial charge in [0.25, 0.3) is 5.91 Å². The molecule has 1 fully saturated rings. The summed E-state index contributed by atoms with van der Waals surface area (Å²) in [6.07, 6.45) is 2.81. The molecule has 0 unspecified atom stereocenters. The Morgan fingerprint density at radius 1 is 1.15 bits per heavy atom. The van der Waals surface area contributed by atoms with Gasteiger partial charge in [-0.1, -0.05) is 0 Å². The number of rotatable bonds is 5. The number of benzene rings is 1. The fraction of sp³-hybridized carbons (Fsp3) is 0.579. The van der Waals surface area contributed by atoms with Gasteiger partial charge in [-0.25, -0.2) is 10.3 Å². The number of hydrogen-bond acceptors (Lipinski definition) is 6. The molecule has 8 nitrogen and oxygen atoms in total. The minimum atomic E-state index is -0.646. The molecule has 0 saturated heterocycles. The lowest BCUT2D eigenvalue weighted by Gasteiger charge is -2.30. The van der Waals surface area contributed by atoms with E-state index in [0.29, 0.717) is 11.5 Å². The second kappa shape index (κ2) is 8.94. The van der Waals surface area contributed by atoms with E-state index < -0.39 is 17.6 Å². The van der Waals surface area contributed by atoms with E-state index in [-0.39, 0.29) is 17.7 Å². The molecule has 3 N–H and O–H groups in total. The Balaban J connectivity index is 1.87. The number of hydroxylamine groups is 1. The highest BCUT2D eigenvalue weighted by molar-refractivity contribution is 5.96. The van der Waals surface area contributed by atoms with E-state index in [0.717, 1.165) is 25.7 Å². The molecule has 1 saturated carbocycles. The highest BCUT2D eigenvalue weighted by atomic mass is 16.6. The van der Waals surface area contributed by atoms with Gasteiger partial charge in [-0.3, -0.25) is 10.0 Å². The van der Waals surface area contributed by atoms with E-state index >= 15 is 0 Å². The maximum Gasteiger partial charge on any atom is 0.407 e. The quantitative estimate of drug-likeness (QED) is 0.535. The molecule has 150 valence electrons. The lowest BCUT2D eigenvalue weighted by molar-refractivity contribution is 0.0470. The summed E-state index contributed by atoms with van der Waals surface area (Å²) in [7, 11) is 1.45. The Kier molecular flexibility index (Phi) is 6.90. The molecule has 1 aliphatic rings. The van der Waals surface area contributed by atoms with Crippen LogP contribution in [-0.2, 0) is 4.74 Å². The summed E-state index contributed by atoms with van der Waals surface area (Å²) < 4.78 is 16.4. The van der Waals surface area contributed by atoms with Gasteiger partial charge >= 0.3 is 6.09 Å². The highest BCUT2D eigenvalue weighted by Crippen LogP contribution is 2.29. The van der Waals surface area contributed by atoms with Crippen LogP contribution in [-0.4, -0.2) is 42.1 Å². The fourth-order valence-corrected chi connectivity index (χ4v) is 2.98. The van der Waals surface area contributed by atoms with Crippen molar-refractivity contribution in [3.05, 3.63) is 23.8 Å². The Morgan fingerprint density at radius 3 is 2.37 bits per heavy atom. The molecule has 0 radical (unpaired) electrons. The van der Waals surface area contributed by atoms with Crippen LogP contribution in [0.15, 0.2) is 18.2 Å². The molecule has 2 rings (SSSR count). The summed E-state index contributed by atoms with van der Waals surface area (Å²) >= 11 is 0. The lowest BCUT2D eigenvalue weighted by atomic mass is 9.93. The summed E-state index contributed by atoms with van der Waals surface area (Å²) in [4.78, 5) is 23.4. The smallest absolute Gasteiger partial charge is 0.407 e. The van der Waals surface area contributed by atoms with Crippen molar-refractivity contribution in [3.63, 3.8) is 0 Å². The average molecular weight is 380 g/mol. The van der Waals surface area contributed by atoms with Crippen LogP contribution >= 0.6 is 0 Å². The third kappa shape index (κ3) is 6.32. The lowest BCUT2D eigenvalue weighted by Crippen LogP contribution is -2.42. The van der Waals surface area contributed by atoms with E-state index in [9.17, 15) is 9.59 Å². The Bertz CT molecular complexity index is 663. The molecule has 0 atom stereocenters. The van der Waals surface area contributed by atoms with Crippen LogP contribution in [0.5, 0.6) is 11.5 Å². The first-order valence-electron chi connectivity index (χ1n) is 9.00. The molecule has 2 amide bonds. The average Bonchev–Trinajstić information content (AvgIpc) is 2.61. The normalized spacial score (nSPS) is 19.7. The molecule has 1 aromatic carbocycles. The largest absolute Gasteiger partial charge is 0.496 e. The topological polar surface area (TPSA) is 106 Å². The zero-order valence-electron chi connectivity index (χ0n) is 16.2. The molecule has 0 heterocycles. The van der Waals surface area contributed by atoms with Crippen molar-refractivity contribution in [1.82, 2.24) is 10.8 Å². The molecule has 8 heteroatoms. The van der Waals surface area contributed by atoms with Gasteiger partial charge < -0.3 is 19.5 Å². The van der Waals surface area contributed by atoms with Crippen molar-refractivity contribution in [1.29, 1.82) is 0 Å². The van der Waals surface area contributed by atoms with Crippen LogP contribution < -0.4 is 20.3 Å². The molecule has 0 aliphatic heterocycles. The number of ether oxygens (including phenoxy) is 3. The zero-order chi connectivity index (χ0) is 20.0. The minimum absolute atomic E-state index is 0.0175. The highest BCUT2D eigenvalue weighted by Gasteiger charge is 2.26. The summed E-state index contributed by atoms with van der Waals surface area (Å²) in [5, 5.41) is 11.7. The Labute approximate surface area is 159 Å². The fourth-order valence-electron chi connectivity index (χ4n) is 2.98. The third-order valence-electron chi connectivity index (χ3n) is 4.22. The number of carbonyl (C=O) groups excluding carboxylic acids is 2. The summed E-state index contributed by atoms with van der Waals surface area (Å²) in [5.41, 5.74) is 1.30. The van der Waals surface area contributed by atoms with Crippen LogP contribution in [0.3, 0.4) is 0 Å². The standard InChI is InChI=1S/C19H28N2O6/c1-19(2,3)27-18(23)20-12-5-7-13(8-6-12)26-14-9-10-15(17(22)21-24)16(11-14)25-4/h9-13,24H,5-8H2,1-4H3,(H,20,23)(H,21,22). The van der Waals surface area contributed by atoms with Gasteiger partial charge in [0.15, 0.2) is 0 Å². The predicted octanol–water partition coefficient (Wildman–Crippen LogP) is 3.03. The molecule has 1 aliphatic carbocycles. The monoisotopic (exact) mass is 380 g/mol.